The summed E-state index contributed by atoms with van der Waals surface area (Å²) in [5.41, 5.74) is 4.82. The molecule has 22 heavy (non-hydrogen) atoms. The largest absolute Gasteiger partial charge is 0.455 e. The van der Waals surface area contributed by atoms with Crippen molar-refractivity contribution < 1.29 is 31.5 Å². The van der Waals surface area contributed by atoms with Crippen LogP contribution in [0.15, 0.2) is 29.2 Å². The van der Waals surface area contributed by atoms with Gasteiger partial charge < -0.3 is 16.4 Å². The van der Waals surface area contributed by atoms with Gasteiger partial charge in [-0.05, 0) is 6.08 Å². The maximum absolute atomic E-state index is 12.7. The lowest BCUT2D eigenvalue weighted by Crippen LogP contribution is -2.50. The van der Waals surface area contributed by atoms with E-state index in [-0.39, 0.29) is 5.70 Å². The number of carbonyl (C=O) groups excluding carboxylic acids is 2. The zero-order valence-electron chi connectivity index (χ0n) is 10.8. The second-order valence-corrected chi connectivity index (χ2v) is 4.14. The van der Waals surface area contributed by atoms with Crippen molar-refractivity contribution >= 4 is 18.0 Å². The van der Waals surface area contributed by atoms with Crippen LogP contribution in [-0.4, -0.2) is 36.7 Å². The normalized spacial score (nSPS) is 16.3. The van der Waals surface area contributed by atoms with Crippen LogP contribution in [0.5, 0.6) is 0 Å². The second-order valence-electron chi connectivity index (χ2n) is 4.14. The van der Waals surface area contributed by atoms with Crippen LogP contribution in [0.3, 0.4) is 0 Å². The van der Waals surface area contributed by atoms with Crippen LogP contribution in [0.1, 0.15) is 0 Å². The van der Waals surface area contributed by atoms with E-state index in [1.54, 1.807) is 0 Å². The monoisotopic (exact) mass is 326 g/mol. The Labute approximate surface area is 120 Å². The number of amides is 2. The molecule has 1 unspecified atom stereocenters. The maximum Gasteiger partial charge on any atom is 0.455 e. The molecule has 1 heterocycles. The molecule has 1 rings (SSSR count). The number of nitrogens with two attached hydrogens (primary N) is 1. The van der Waals surface area contributed by atoms with E-state index in [1.807, 2.05) is 0 Å². The van der Waals surface area contributed by atoms with Crippen molar-refractivity contribution in [1.82, 2.24) is 10.6 Å². The lowest BCUT2D eigenvalue weighted by molar-refractivity contribution is -0.278. The minimum absolute atomic E-state index is 0.162. The standard InChI is InChI=1S/C11H11F5N4O2/c12-10(13,11(14,15)16)5-20-9(22)7(8(17)21)6-4-18-2-1-3-19-6/h1-4,7,19H,5H2,(H2,17,21)(H,20,22). The van der Waals surface area contributed by atoms with Gasteiger partial charge in [0.15, 0.2) is 5.92 Å². The molecule has 0 aromatic carbocycles. The highest BCUT2D eigenvalue weighted by molar-refractivity contribution is 6.02. The summed E-state index contributed by atoms with van der Waals surface area (Å²) in [5, 5.41) is 3.82. The van der Waals surface area contributed by atoms with Gasteiger partial charge in [0.05, 0.1) is 12.2 Å². The lowest BCUT2D eigenvalue weighted by atomic mass is 10.0. The Balaban J connectivity index is 2.84. The van der Waals surface area contributed by atoms with Crippen molar-refractivity contribution in [2.45, 2.75) is 12.1 Å². The van der Waals surface area contributed by atoms with Crippen LogP contribution in [0, 0.1) is 5.92 Å². The molecule has 1 aliphatic rings. The zero-order valence-corrected chi connectivity index (χ0v) is 10.8. The number of hydrogen-bond donors (Lipinski definition) is 3. The first-order valence-electron chi connectivity index (χ1n) is 5.73. The number of halogens is 5. The van der Waals surface area contributed by atoms with Crippen molar-refractivity contribution in [3.8, 4) is 0 Å². The molecule has 0 fully saturated rings. The predicted molar refractivity (Wildman–Crippen MR) is 65.5 cm³/mol. The van der Waals surface area contributed by atoms with Crippen LogP contribution in [0.4, 0.5) is 22.0 Å². The Bertz CT molecular complexity index is 539. The molecular formula is C11H11F5N4O2. The van der Waals surface area contributed by atoms with E-state index in [0.717, 1.165) is 6.20 Å². The number of rotatable bonds is 5. The molecule has 0 spiro atoms. The maximum atomic E-state index is 12.7. The molecular weight excluding hydrogens is 315 g/mol. The summed E-state index contributed by atoms with van der Waals surface area (Å²) < 4.78 is 61.5. The summed E-state index contributed by atoms with van der Waals surface area (Å²) in [6.45, 7) is -2.01. The molecule has 0 bridgehead atoms. The van der Waals surface area contributed by atoms with Crippen molar-refractivity contribution in [1.29, 1.82) is 0 Å². The molecule has 0 aromatic rings. The van der Waals surface area contributed by atoms with Gasteiger partial charge in [-0.2, -0.15) is 22.0 Å². The highest BCUT2D eigenvalue weighted by atomic mass is 19.4. The quantitative estimate of drug-likeness (QED) is 0.505. The molecule has 0 aliphatic carbocycles. The third kappa shape index (κ3) is 4.27. The van der Waals surface area contributed by atoms with Gasteiger partial charge in [0.1, 0.15) is 0 Å². The molecule has 4 N–H and O–H groups in total. The van der Waals surface area contributed by atoms with E-state index in [1.165, 1.54) is 23.8 Å². The SMILES string of the molecule is NC(=O)C(C(=O)NCC(F)(F)C(F)(F)F)C1=CN=CC=CN1. The van der Waals surface area contributed by atoms with Crippen molar-refractivity contribution in [3.63, 3.8) is 0 Å². The van der Waals surface area contributed by atoms with Crippen LogP contribution < -0.4 is 16.4 Å². The number of hydrogen-bond acceptors (Lipinski definition) is 4. The van der Waals surface area contributed by atoms with Crippen molar-refractivity contribution in [3.05, 3.63) is 24.2 Å². The predicted octanol–water partition coefficient (Wildman–Crippen LogP) is 0.431. The smallest absolute Gasteiger partial charge is 0.369 e. The Morgan fingerprint density at radius 2 is 1.95 bits per heavy atom. The molecule has 0 radical (unpaired) electrons. The van der Waals surface area contributed by atoms with Crippen molar-refractivity contribution in [2.75, 3.05) is 6.54 Å². The summed E-state index contributed by atoms with van der Waals surface area (Å²) in [4.78, 5) is 26.6. The highest BCUT2D eigenvalue weighted by Crippen LogP contribution is 2.34. The Morgan fingerprint density at radius 1 is 1.32 bits per heavy atom. The van der Waals surface area contributed by atoms with E-state index >= 15 is 0 Å². The summed E-state index contributed by atoms with van der Waals surface area (Å²) in [7, 11) is 0. The van der Waals surface area contributed by atoms with Crippen LogP contribution >= 0.6 is 0 Å². The van der Waals surface area contributed by atoms with Gasteiger partial charge in [-0.1, -0.05) is 0 Å². The van der Waals surface area contributed by atoms with Crippen LogP contribution in [0.25, 0.3) is 0 Å². The van der Waals surface area contributed by atoms with Gasteiger partial charge in [-0.25, -0.2) is 0 Å². The molecule has 0 saturated carbocycles. The minimum Gasteiger partial charge on any atom is -0.369 e. The van der Waals surface area contributed by atoms with Gasteiger partial charge >= 0.3 is 12.1 Å². The third-order valence-electron chi connectivity index (χ3n) is 2.49. The number of aliphatic imine (C=N–C) groups is 1. The molecule has 1 atom stereocenters. The molecule has 0 saturated heterocycles. The first-order valence-corrected chi connectivity index (χ1v) is 5.73. The lowest BCUT2D eigenvalue weighted by Gasteiger charge is -2.22. The fraction of sp³-hybridized carbons (Fsp3) is 0.364. The average molecular weight is 326 g/mol. The van der Waals surface area contributed by atoms with E-state index in [2.05, 4.69) is 10.3 Å². The second kappa shape index (κ2) is 6.54. The Kier molecular flexibility index (Phi) is 5.23. The first-order chi connectivity index (χ1) is 10.1. The Morgan fingerprint density at radius 3 is 2.50 bits per heavy atom. The van der Waals surface area contributed by atoms with E-state index in [0.29, 0.717) is 0 Å². The van der Waals surface area contributed by atoms with Gasteiger partial charge in [-0.3, -0.25) is 14.6 Å². The summed E-state index contributed by atoms with van der Waals surface area (Å²) in [6, 6.07) is 0. The molecule has 0 aromatic heterocycles. The van der Waals surface area contributed by atoms with Crippen LogP contribution in [-0.2, 0) is 9.59 Å². The number of allylic oxidation sites excluding steroid dienone is 1. The topological polar surface area (TPSA) is 96.6 Å². The zero-order chi connectivity index (χ0) is 17.0. The summed E-state index contributed by atoms with van der Waals surface area (Å²) >= 11 is 0. The minimum atomic E-state index is -5.82. The molecule has 1 aliphatic heterocycles. The molecule has 122 valence electrons. The fourth-order valence-corrected chi connectivity index (χ4v) is 1.38. The van der Waals surface area contributed by atoms with Crippen LogP contribution in [0.2, 0.25) is 0 Å². The van der Waals surface area contributed by atoms with Gasteiger partial charge in [0.2, 0.25) is 11.8 Å². The van der Waals surface area contributed by atoms with E-state index < -0.39 is 36.4 Å². The number of alkyl halides is 5. The number of primary amides is 1. The summed E-state index contributed by atoms with van der Waals surface area (Å²) in [6.07, 6.45) is -0.840. The van der Waals surface area contributed by atoms with Gasteiger partial charge in [0, 0.05) is 18.6 Å². The number of nitrogens with zero attached hydrogens (tertiary/aromatic N) is 1. The fourth-order valence-electron chi connectivity index (χ4n) is 1.38. The number of carbonyl (C=O) groups is 2. The molecule has 11 heteroatoms. The highest BCUT2D eigenvalue weighted by Gasteiger charge is 2.57. The summed E-state index contributed by atoms with van der Waals surface area (Å²) in [5.74, 6) is -9.56. The first kappa shape index (κ1) is 17.6. The van der Waals surface area contributed by atoms with Gasteiger partial charge in [-0.15, -0.1) is 0 Å². The van der Waals surface area contributed by atoms with Crippen molar-refractivity contribution in [2.24, 2.45) is 16.6 Å². The number of nitrogens with one attached hydrogen (secondary N) is 2. The van der Waals surface area contributed by atoms with E-state index in [9.17, 15) is 31.5 Å². The Hall–Kier alpha value is -2.46. The van der Waals surface area contributed by atoms with E-state index in [4.69, 9.17) is 5.73 Å². The third-order valence-corrected chi connectivity index (χ3v) is 2.49. The molecule has 6 nitrogen and oxygen atoms in total. The molecule has 2 amide bonds. The van der Waals surface area contributed by atoms with Gasteiger partial charge in [0.25, 0.3) is 0 Å². The average Bonchev–Trinajstić information content (AvgIpc) is 2.64.